The van der Waals surface area contributed by atoms with Gasteiger partial charge in [-0.3, -0.25) is 9.69 Å². The molecule has 2 aliphatic rings. The highest BCUT2D eigenvalue weighted by Gasteiger charge is 2.25. The van der Waals surface area contributed by atoms with Crippen molar-refractivity contribution in [2.45, 2.75) is 51.5 Å². The van der Waals surface area contributed by atoms with E-state index in [1.54, 1.807) is 0 Å². The fourth-order valence-corrected chi connectivity index (χ4v) is 3.47. The summed E-state index contributed by atoms with van der Waals surface area (Å²) in [7, 11) is 0. The van der Waals surface area contributed by atoms with Gasteiger partial charge in [0, 0.05) is 32.6 Å². The summed E-state index contributed by atoms with van der Waals surface area (Å²) < 4.78 is 0. The van der Waals surface area contributed by atoms with Crippen molar-refractivity contribution >= 4 is 23.1 Å². The number of nitrogens with two attached hydrogens (primary N) is 1. The summed E-state index contributed by atoms with van der Waals surface area (Å²) in [6.07, 6.45) is 7.18. The molecule has 0 aromatic heterocycles. The lowest BCUT2D eigenvalue weighted by Gasteiger charge is -2.37. The molecular formula is C15H27N3OS. The van der Waals surface area contributed by atoms with Crippen LogP contribution in [0.15, 0.2) is 0 Å². The molecule has 2 N–H and O–H groups in total. The number of piperazine rings is 1. The summed E-state index contributed by atoms with van der Waals surface area (Å²) in [5.41, 5.74) is 5.69. The molecule has 0 radical (unpaired) electrons. The van der Waals surface area contributed by atoms with Crippen molar-refractivity contribution in [3.8, 4) is 0 Å². The van der Waals surface area contributed by atoms with Crippen LogP contribution in [0, 0.1) is 5.92 Å². The highest BCUT2D eigenvalue weighted by atomic mass is 32.1. The zero-order chi connectivity index (χ0) is 14.5. The van der Waals surface area contributed by atoms with Crippen LogP contribution in [0.3, 0.4) is 0 Å². The lowest BCUT2D eigenvalue weighted by molar-refractivity contribution is -0.133. The van der Waals surface area contributed by atoms with E-state index in [0.717, 1.165) is 44.9 Å². The molecule has 1 aliphatic carbocycles. The van der Waals surface area contributed by atoms with E-state index in [0.29, 0.717) is 10.9 Å². The van der Waals surface area contributed by atoms with Gasteiger partial charge in [0.15, 0.2) is 0 Å². The van der Waals surface area contributed by atoms with Gasteiger partial charge in [0.1, 0.15) is 0 Å². The monoisotopic (exact) mass is 297 g/mol. The quantitative estimate of drug-likeness (QED) is 0.786. The molecule has 5 heteroatoms. The molecule has 4 nitrogen and oxygen atoms in total. The Bertz CT molecular complexity index is 347. The fraction of sp³-hybridized carbons (Fsp3) is 0.867. The predicted octanol–water partition coefficient (Wildman–Crippen LogP) is 1.78. The summed E-state index contributed by atoms with van der Waals surface area (Å²) in [5, 5.41) is 0. The summed E-state index contributed by atoms with van der Waals surface area (Å²) in [6.45, 7) is 5.44. The molecule has 114 valence electrons. The third kappa shape index (κ3) is 4.16. The maximum absolute atomic E-state index is 12.2. The molecule has 1 aliphatic heterocycles. The van der Waals surface area contributed by atoms with Gasteiger partial charge in [-0.05, 0) is 19.3 Å². The van der Waals surface area contributed by atoms with Crippen molar-refractivity contribution in [1.82, 2.24) is 9.80 Å². The summed E-state index contributed by atoms with van der Waals surface area (Å²) in [6, 6.07) is 0.140. The van der Waals surface area contributed by atoms with Crippen LogP contribution in [-0.2, 0) is 4.79 Å². The largest absolute Gasteiger partial charge is 0.392 e. The molecule has 20 heavy (non-hydrogen) atoms. The van der Waals surface area contributed by atoms with Crippen molar-refractivity contribution in [2.24, 2.45) is 11.7 Å². The van der Waals surface area contributed by atoms with Gasteiger partial charge in [-0.15, -0.1) is 0 Å². The minimum absolute atomic E-state index is 0.140. The zero-order valence-corrected chi connectivity index (χ0v) is 13.3. The third-order valence-corrected chi connectivity index (χ3v) is 5.21. The van der Waals surface area contributed by atoms with Gasteiger partial charge in [0.2, 0.25) is 5.91 Å². The first-order valence-corrected chi connectivity index (χ1v) is 8.30. The summed E-state index contributed by atoms with van der Waals surface area (Å²) in [4.78, 5) is 17.0. The Kier molecular flexibility index (Phi) is 5.78. The third-order valence-electron chi connectivity index (χ3n) is 4.87. The van der Waals surface area contributed by atoms with Crippen LogP contribution >= 0.6 is 12.2 Å². The van der Waals surface area contributed by atoms with E-state index < -0.39 is 0 Å². The Balaban J connectivity index is 1.69. The average Bonchev–Trinajstić information content (AvgIpc) is 2.97. The number of amides is 1. The van der Waals surface area contributed by atoms with Gasteiger partial charge in [0.25, 0.3) is 0 Å². The molecule has 1 amide bonds. The number of carbonyl (C=O) groups is 1. The number of hydrogen-bond donors (Lipinski definition) is 1. The average molecular weight is 297 g/mol. The van der Waals surface area contributed by atoms with Crippen LogP contribution < -0.4 is 5.73 Å². The standard InChI is InChI=1S/C15H27N3OS/c1-12(15(16)20)17-8-10-18(11-9-17)14(19)7-6-13-4-2-3-5-13/h12-13H,2-11H2,1H3,(H2,16,20). The van der Waals surface area contributed by atoms with E-state index in [9.17, 15) is 4.79 Å². The maximum Gasteiger partial charge on any atom is 0.222 e. The molecule has 1 atom stereocenters. The van der Waals surface area contributed by atoms with Gasteiger partial charge >= 0.3 is 0 Å². The first-order chi connectivity index (χ1) is 9.58. The van der Waals surface area contributed by atoms with Crippen molar-refractivity contribution in [3.63, 3.8) is 0 Å². The smallest absolute Gasteiger partial charge is 0.222 e. The Hall–Kier alpha value is -0.680. The lowest BCUT2D eigenvalue weighted by Crippen LogP contribution is -2.53. The number of thiocarbonyl (C=S) groups is 1. The van der Waals surface area contributed by atoms with E-state index in [1.807, 2.05) is 11.8 Å². The van der Waals surface area contributed by atoms with E-state index in [4.69, 9.17) is 18.0 Å². The SMILES string of the molecule is CC(C(N)=S)N1CCN(C(=O)CCC2CCCC2)CC1. The van der Waals surface area contributed by atoms with Crippen LogP contribution in [-0.4, -0.2) is 52.9 Å². The second kappa shape index (κ2) is 7.36. The zero-order valence-electron chi connectivity index (χ0n) is 12.5. The van der Waals surface area contributed by atoms with Crippen molar-refractivity contribution in [2.75, 3.05) is 26.2 Å². The fourth-order valence-electron chi connectivity index (χ4n) is 3.32. The Labute approximate surface area is 127 Å². The Morgan fingerprint density at radius 3 is 2.40 bits per heavy atom. The summed E-state index contributed by atoms with van der Waals surface area (Å²) >= 11 is 5.04. The number of nitrogens with zero attached hydrogens (tertiary/aromatic N) is 2. The Morgan fingerprint density at radius 2 is 1.85 bits per heavy atom. The van der Waals surface area contributed by atoms with Gasteiger partial charge in [-0.25, -0.2) is 0 Å². The maximum atomic E-state index is 12.2. The van der Waals surface area contributed by atoms with E-state index in [-0.39, 0.29) is 6.04 Å². The van der Waals surface area contributed by atoms with E-state index >= 15 is 0 Å². The van der Waals surface area contributed by atoms with Crippen LogP contribution in [0.25, 0.3) is 0 Å². The lowest BCUT2D eigenvalue weighted by atomic mass is 10.0. The molecule has 1 unspecified atom stereocenters. The highest BCUT2D eigenvalue weighted by molar-refractivity contribution is 7.80. The predicted molar refractivity (Wildman–Crippen MR) is 85.6 cm³/mol. The molecule has 1 saturated heterocycles. The summed E-state index contributed by atoms with van der Waals surface area (Å²) in [5.74, 6) is 1.13. The van der Waals surface area contributed by atoms with Crippen LogP contribution in [0.2, 0.25) is 0 Å². The molecule has 1 saturated carbocycles. The number of hydrogen-bond acceptors (Lipinski definition) is 3. The normalized spacial score (nSPS) is 22.9. The van der Waals surface area contributed by atoms with Gasteiger partial charge < -0.3 is 10.6 Å². The first-order valence-electron chi connectivity index (χ1n) is 7.89. The van der Waals surface area contributed by atoms with Crippen LogP contribution in [0.5, 0.6) is 0 Å². The van der Waals surface area contributed by atoms with Crippen molar-refractivity contribution < 1.29 is 4.79 Å². The molecular weight excluding hydrogens is 270 g/mol. The first kappa shape index (κ1) is 15.7. The molecule has 2 fully saturated rings. The number of rotatable bonds is 5. The van der Waals surface area contributed by atoms with Crippen LogP contribution in [0.4, 0.5) is 0 Å². The molecule has 1 heterocycles. The molecule has 2 rings (SSSR count). The van der Waals surface area contributed by atoms with Crippen molar-refractivity contribution in [3.05, 3.63) is 0 Å². The van der Waals surface area contributed by atoms with Gasteiger partial charge in [0.05, 0.1) is 11.0 Å². The minimum Gasteiger partial charge on any atom is -0.392 e. The highest BCUT2D eigenvalue weighted by Crippen LogP contribution is 2.28. The molecule has 0 bridgehead atoms. The van der Waals surface area contributed by atoms with Crippen molar-refractivity contribution in [1.29, 1.82) is 0 Å². The van der Waals surface area contributed by atoms with Crippen LogP contribution in [0.1, 0.15) is 45.4 Å². The van der Waals surface area contributed by atoms with E-state index in [1.165, 1.54) is 25.7 Å². The van der Waals surface area contributed by atoms with Gasteiger partial charge in [-0.1, -0.05) is 37.9 Å². The van der Waals surface area contributed by atoms with Gasteiger partial charge in [-0.2, -0.15) is 0 Å². The molecule has 0 aromatic carbocycles. The minimum atomic E-state index is 0.140. The second-order valence-corrected chi connectivity index (χ2v) is 6.66. The Morgan fingerprint density at radius 1 is 1.25 bits per heavy atom. The molecule has 0 aromatic rings. The topological polar surface area (TPSA) is 49.6 Å². The molecule has 0 spiro atoms. The number of carbonyl (C=O) groups excluding carboxylic acids is 1. The second-order valence-electron chi connectivity index (χ2n) is 6.18. The van der Waals surface area contributed by atoms with E-state index in [2.05, 4.69) is 4.90 Å².